The third-order valence-electron chi connectivity index (χ3n) is 4.15. The number of fused-ring (bicyclic) bond motifs is 1. The molecular weight excluding hydrogens is 276 g/mol. The van der Waals surface area contributed by atoms with Gasteiger partial charge in [-0.15, -0.1) is 0 Å². The molecule has 4 heteroatoms. The normalized spacial score (nSPS) is 23.3. The third-order valence-corrected chi connectivity index (χ3v) is 4.15. The highest BCUT2D eigenvalue weighted by molar-refractivity contribution is 6.09. The van der Waals surface area contributed by atoms with E-state index in [0.717, 1.165) is 23.3 Å². The van der Waals surface area contributed by atoms with Crippen molar-refractivity contribution < 1.29 is 14.5 Å². The quantitative estimate of drug-likeness (QED) is 0.789. The largest absolute Gasteiger partial charge is 0.857 e. The molecular formula is C18H16N2O2. The first-order valence-electron chi connectivity index (χ1n) is 7.49. The average Bonchev–Trinajstić information content (AvgIpc) is 3.15. The summed E-state index contributed by atoms with van der Waals surface area (Å²) in [6.45, 7) is 0.615. The Morgan fingerprint density at radius 2 is 1.59 bits per heavy atom. The second kappa shape index (κ2) is 5.39. The van der Waals surface area contributed by atoms with E-state index in [4.69, 9.17) is 4.74 Å². The van der Waals surface area contributed by atoms with Crippen LogP contribution in [0.5, 0.6) is 0 Å². The van der Waals surface area contributed by atoms with E-state index in [-0.39, 0.29) is 18.0 Å². The lowest BCUT2D eigenvalue weighted by atomic mass is 10.0. The zero-order valence-electron chi connectivity index (χ0n) is 12.1. The molecule has 0 radical (unpaired) electrons. The van der Waals surface area contributed by atoms with E-state index in [2.05, 4.69) is 5.10 Å². The second-order valence-corrected chi connectivity index (χ2v) is 5.52. The Hall–Kier alpha value is -2.46. The van der Waals surface area contributed by atoms with Gasteiger partial charge in [-0.2, -0.15) is 0 Å². The summed E-state index contributed by atoms with van der Waals surface area (Å²) in [6, 6.07) is 20.0. The summed E-state index contributed by atoms with van der Waals surface area (Å²) in [4.78, 5) is 0. The van der Waals surface area contributed by atoms with Gasteiger partial charge in [0.25, 0.3) is 6.23 Å². The maximum Gasteiger partial charge on any atom is 0.296 e. The minimum Gasteiger partial charge on any atom is -0.857 e. The van der Waals surface area contributed by atoms with Crippen LogP contribution in [0.1, 0.15) is 17.5 Å². The molecule has 0 aromatic heterocycles. The molecule has 2 aromatic rings. The van der Waals surface area contributed by atoms with E-state index < -0.39 is 0 Å². The summed E-state index contributed by atoms with van der Waals surface area (Å²) in [5.41, 5.74) is 2.98. The summed E-state index contributed by atoms with van der Waals surface area (Å²) < 4.78 is 7.54. The van der Waals surface area contributed by atoms with Gasteiger partial charge in [-0.1, -0.05) is 41.1 Å². The van der Waals surface area contributed by atoms with E-state index in [1.165, 1.54) is 0 Å². The van der Waals surface area contributed by atoms with Crippen molar-refractivity contribution >= 4 is 11.6 Å². The lowest BCUT2D eigenvalue weighted by Crippen LogP contribution is -2.32. The monoisotopic (exact) mass is 292 g/mol. The number of hydrazone groups is 1. The maximum absolute atomic E-state index is 12.1. The van der Waals surface area contributed by atoms with Gasteiger partial charge < -0.3 is 9.84 Å². The Morgan fingerprint density at radius 1 is 1.00 bits per heavy atom. The molecule has 22 heavy (non-hydrogen) atoms. The molecule has 2 atom stereocenters. The van der Waals surface area contributed by atoms with Gasteiger partial charge in [0, 0.05) is 17.0 Å². The number of hydrogen-bond acceptors (Lipinski definition) is 3. The standard InChI is InChI=1S/C18H16N2O2/c21-17-15-11-12-22-18(15)20(19-17)16(13-7-3-1-4-8-13)14-9-5-2-6-10-14/h1-10,15,18H,11-12H2/t15-,18-/m1/s1. The highest BCUT2D eigenvalue weighted by atomic mass is 16.5. The minimum atomic E-state index is -0.275. The van der Waals surface area contributed by atoms with Crippen LogP contribution in [0.2, 0.25) is 0 Å². The molecule has 2 aliphatic heterocycles. The molecule has 1 fully saturated rings. The van der Waals surface area contributed by atoms with Crippen molar-refractivity contribution in [3.8, 4) is 0 Å². The van der Waals surface area contributed by atoms with Crippen molar-refractivity contribution in [1.82, 2.24) is 0 Å². The van der Waals surface area contributed by atoms with Crippen LogP contribution in [0.3, 0.4) is 0 Å². The van der Waals surface area contributed by atoms with Gasteiger partial charge in [-0.25, -0.2) is 0 Å². The molecule has 2 heterocycles. The molecule has 0 bridgehead atoms. The summed E-state index contributed by atoms with van der Waals surface area (Å²) in [5, 5.41) is 16.4. The molecule has 0 amide bonds. The molecule has 0 spiro atoms. The predicted molar refractivity (Wildman–Crippen MR) is 81.6 cm³/mol. The van der Waals surface area contributed by atoms with Crippen molar-refractivity contribution in [2.75, 3.05) is 6.61 Å². The highest BCUT2D eigenvalue weighted by Gasteiger charge is 2.45. The lowest BCUT2D eigenvalue weighted by molar-refractivity contribution is -0.606. The van der Waals surface area contributed by atoms with Crippen LogP contribution in [0.15, 0.2) is 65.8 Å². The van der Waals surface area contributed by atoms with Gasteiger partial charge in [-0.05, 0) is 35.8 Å². The van der Waals surface area contributed by atoms with Gasteiger partial charge in [0.15, 0.2) is 0 Å². The Labute approximate surface area is 129 Å². The molecule has 110 valence electrons. The van der Waals surface area contributed by atoms with Crippen LogP contribution in [0.25, 0.3) is 0 Å². The fourth-order valence-corrected chi connectivity index (χ4v) is 3.10. The molecule has 4 nitrogen and oxygen atoms in total. The number of nitrogens with zero attached hydrogens (tertiary/aromatic N) is 2. The van der Waals surface area contributed by atoms with Gasteiger partial charge in [0.05, 0.1) is 12.5 Å². The summed E-state index contributed by atoms with van der Waals surface area (Å²) in [5.74, 6) is -0.214. The van der Waals surface area contributed by atoms with Gasteiger partial charge >= 0.3 is 0 Å². The fraction of sp³-hybridized carbons (Fsp3) is 0.222. The molecule has 0 aliphatic carbocycles. The van der Waals surface area contributed by atoms with Crippen LogP contribution in [0.4, 0.5) is 0 Å². The topological polar surface area (TPSA) is 47.7 Å². The molecule has 0 N–H and O–H groups in total. The smallest absolute Gasteiger partial charge is 0.296 e. The molecule has 0 unspecified atom stereocenters. The molecule has 2 aromatic carbocycles. The van der Waals surface area contributed by atoms with Crippen LogP contribution >= 0.6 is 0 Å². The van der Waals surface area contributed by atoms with Crippen molar-refractivity contribution in [3.63, 3.8) is 0 Å². The SMILES string of the molecule is [O-]C1=N[N+](=C(c2ccccc2)c2ccccc2)[C@@H]2OCC[C@H]12. The first kappa shape index (κ1) is 13.2. The van der Waals surface area contributed by atoms with Crippen LogP contribution in [0, 0.1) is 5.92 Å². The summed E-state index contributed by atoms with van der Waals surface area (Å²) in [6.07, 6.45) is 0.475. The van der Waals surface area contributed by atoms with Crippen molar-refractivity contribution in [3.05, 3.63) is 71.8 Å². The average molecular weight is 292 g/mol. The third kappa shape index (κ3) is 2.12. The zero-order valence-corrected chi connectivity index (χ0v) is 12.1. The summed E-state index contributed by atoms with van der Waals surface area (Å²) >= 11 is 0. The van der Waals surface area contributed by atoms with Crippen LogP contribution < -0.4 is 5.11 Å². The van der Waals surface area contributed by atoms with Crippen LogP contribution in [-0.2, 0) is 4.74 Å². The number of hydrogen-bond donors (Lipinski definition) is 0. The Kier molecular flexibility index (Phi) is 3.24. The van der Waals surface area contributed by atoms with Gasteiger partial charge in [-0.3, -0.25) is 0 Å². The Morgan fingerprint density at radius 3 is 2.18 bits per heavy atom. The van der Waals surface area contributed by atoms with Crippen molar-refractivity contribution in [1.29, 1.82) is 0 Å². The van der Waals surface area contributed by atoms with Crippen molar-refractivity contribution in [2.24, 2.45) is 11.0 Å². The zero-order chi connectivity index (χ0) is 14.9. The molecule has 2 aliphatic rings. The first-order valence-corrected chi connectivity index (χ1v) is 7.49. The molecule has 4 rings (SSSR count). The van der Waals surface area contributed by atoms with Crippen molar-refractivity contribution in [2.45, 2.75) is 12.6 Å². The van der Waals surface area contributed by atoms with Gasteiger partial charge in [0.2, 0.25) is 5.71 Å². The lowest BCUT2D eigenvalue weighted by Gasteiger charge is -2.09. The van der Waals surface area contributed by atoms with E-state index in [9.17, 15) is 5.11 Å². The van der Waals surface area contributed by atoms with Gasteiger partial charge in [0.1, 0.15) is 0 Å². The summed E-state index contributed by atoms with van der Waals surface area (Å²) in [7, 11) is 0. The van der Waals surface area contributed by atoms with E-state index in [1.807, 2.05) is 60.7 Å². The van der Waals surface area contributed by atoms with Crippen LogP contribution in [-0.4, -0.2) is 29.1 Å². The number of rotatable bonds is 2. The highest BCUT2D eigenvalue weighted by Crippen LogP contribution is 2.28. The molecule has 0 saturated carbocycles. The Balaban J connectivity index is 1.94. The second-order valence-electron chi connectivity index (χ2n) is 5.52. The maximum atomic E-state index is 12.1. The molecule has 1 saturated heterocycles. The Bertz CT molecular complexity index is 697. The first-order chi connectivity index (χ1) is 10.8. The number of benzene rings is 2. The van der Waals surface area contributed by atoms with E-state index in [0.29, 0.717) is 6.61 Å². The number of ether oxygens (including phenoxy) is 1. The minimum absolute atomic E-state index is 0.0770. The predicted octanol–water partition coefficient (Wildman–Crippen LogP) is 1.59. The fourth-order valence-electron chi connectivity index (χ4n) is 3.10. The van der Waals surface area contributed by atoms with E-state index >= 15 is 0 Å². The van der Waals surface area contributed by atoms with E-state index in [1.54, 1.807) is 4.68 Å².